The number of imidazole rings is 1. The summed E-state index contributed by atoms with van der Waals surface area (Å²) < 4.78 is 6.98. The van der Waals surface area contributed by atoms with Crippen LogP contribution in [0.25, 0.3) is 5.52 Å². The van der Waals surface area contributed by atoms with Gasteiger partial charge in [-0.1, -0.05) is 0 Å². The van der Waals surface area contributed by atoms with Gasteiger partial charge in [0.2, 0.25) is 5.91 Å². The van der Waals surface area contributed by atoms with Crippen molar-refractivity contribution in [2.24, 2.45) is 0 Å². The van der Waals surface area contributed by atoms with E-state index < -0.39 is 0 Å². The van der Waals surface area contributed by atoms with Crippen molar-refractivity contribution in [3.63, 3.8) is 0 Å². The predicted octanol–water partition coefficient (Wildman–Crippen LogP) is 1.78. The second-order valence-electron chi connectivity index (χ2n) is 5.84. The van der Waals surface area contributed by atoms with Crippen molar-refractivity contribution in [1.29, 1.82) is 0 Å². The molecule has 22 heavy (non-hydrogen) atoms. The number of carbonyl (C=O) groups excluding carboxylic acids is 1. The fourth-order valence-corrected chi connectivity index (χ4v) is 3.11. The first-order valence-electron chi connectivity index (χ1n) is 7.75. The molecule has 2 aromatic rings. The number of amides is 1. The van der Waals surface area contributed by atoms with E-state index in [1.54, 1.807) is 13.4 Å². The number of fused-ring (bicyclic) bond motifs is 1. The highest BCUT2D eigenvalue weighted by atomic mass is 16.5. The Bertz CT molecular complexity index is 667. The van der Waals surface area contributed by atoms with Crippen molar-refractivity contribution in [1.82, 2.24) is 19.3 Å². The normalized spacial score (nSPS) is 18.8. The van der Waals surface area contributed by atoms with E-state index in [2.05, 4.69) is 11.1 Å². The molecular formula is C16H22N4O2. The molecule has 6 nitrogen and oxygen atoms in total. The van der Waals surface area contributed by atoms with E-state index in [1.807, 2.05) is 22.4 Å². The number of methoxy groups -OCH3 is 1. The average Bonchev–Trinajstić information content (AvgIpc) is 3.02. The van der Waals surface area contributed by atoms with Crippen LogP contribution in [0.1, 0.15) is 36.7 Å². The van der Waals surface area contributed by atoms with E-state index in [1.165, 1.54) is 0 Å². The maximum absolute atomic E-state index is 12.2. The number of aryl methyl sites for hydroxylation is 1. The van der Waals surface area contributed by atoms with Crippen molar-refractivity contribution in [2.45, 2.75) is 32.1 Å². The van der Waals surface area contributed by atoms with E-state index >= 15 is 0 Å². The summed E-state index contributed by atoms with van der Waals surface area (Å²) in [5.74, 6) is 1.42. The average molecular weight is 302 g/mol. The van der Waals surface area contributed by atoms with Gasteiger partial charge in [-0.25, -0.2) is 9.97 Å². The molecule has 1 saturated heterocycles. The number of piperidine rings is 1. The zero-order valence-electron chi connectivity index (χ0n) is 13.2. The summed E-state index contributed by atoms with van der Waals surface area (Å²) in [7, 11) is 1.62. The third-order valence-electron chi connectivity index (χ3n) is 4.31. The molecule has 0 saturated carbocycles. The van der Waals surface area contributed by atoms with Gasteiger partial charge in [-0.3, -0.25) is 9.20 Å². The van der Waals surface area contributed by atoms with Crippen LogP contribution in [0.4, 0.5) is 0 Å². The van der Waals surface area contributed by atoms with E-state index in [9.17, 15) is 4.79 Å². The minimum Gasteiger partial charge on any atom is -0.384 e. The molecule has 0 spiro atoms. The summed E-state index contributed by atoms with van der Waals surface area (Å²) in [6.45, 7) is 4.06. The van der Waals surface area contributed by atoms with Crippen molar-refractivity contribution in [3.8, 4) is 0 Å². The van der Waals surface area contributed by atoms with Crippen molar-refractivity contribution < 1.29 is 9.53 Å². The highest BCUT2D eigenvalue weighted by Gasteiger charge is 2.25. The second kappa shape index (κ2) is 6.44. The molecule has 0 N–H and O–H groups in total. The van der Waals surface area contributed by atoms with Crippen molar-refractivity contribution in [2.75, 3.05) is 26.8 Å². The van der Waals surface area contributed by atoms with Crippen LogP contribution < -0.4 is 0 Å². The van der Waals surface area contributed by atoms with Crippen LogP contribution in [-0.2, 0) is 9.53 Å². The quantitative estimate of drug-likeness (QED) is 0.864. The third kappa shape index (κ3) is 2.97. The fraction of sp³-hybridized carbons (Fsp3) is 0.562. The van der Waals surface area contributed by atoms with Crippen LogP contribution in [-0.4, -0.2) is 52.0 Å². The molecule has 1 aliphatic heterocycles. The van der Waals surface area contributed by atoms with Gasteiger partial charge in [0.1, 0.15) is 12.2 Å². The van der Waals surface area contributed by atoms with Crippen molar-refractivity contribution in [3.05, 3.63) is 30.1 Å². The Kier molecular flexibility index (Phi) is 4.38. The Labute approximate surface area is 130 Å². The van der Waals surface area contributed by atoms with Gasteiger partial charge in [-0.2, -0.15) is 0 Å². The number of ether oxygens (including phenoxy) is 1. The lowest BCUT2D eigenvalue weighted by Gasteiger charge is -2.32. The Morgan fingerprint density at radius 3 is 3.18 bits per heavy atom. The summed E-state index contributed by atoms with van der Waals surface area (Å²) in [5, 5.41) is 0. The van der Waals surface area contributed by atoms with Gasteiger partial charge in [0.05, 0.1) is 24.7 Å². The van der Waals surface area contributed by atoms with Gasteiger partial charge in [-0.15, -0.1) is 0 Å². The first-order chi connectivity index (χ1) is 10.7. The Morgan fingerprint density at radius 2 is 2.36 bits per heavy atom. The van der Waals surface area contributed by atoms with E-state index in [0.717, 1.165) is 43.0 Å². The van der Waals surface area contributed by atoms with Crippen LogP contribution >= 0.6 is 0 Å². The lowest BCUT2D eigenvalue weighted by Crippen LogP contribution is -2.39. The molecule has 118 valence electrons. The molecule has 6 heteroatoms. The number of nitrogens with zero attached hydrogens (tertiary/aromatic N) is 4. The molecule has 3 heterocycles. The second-order valence-corrected chi connectivity index (χ2v) is 5.84. The Hall–Kier alpha value is -1.95. The van der Waals surface area contributed by atoms with Crippen LogP contribution in [0, 0.1) is 6.92 Å². The standard InChI is InChI=1S/C16H22N4O2/c1-12-18-15(8-14-9-17-11-20(12)14)13-4-3-6-19(10-13)16(21)5-7-22-2/h8-9,11,13H,3-7,10H2,1-2H3/t13-/m0/s1. The predicted molar refractivity (Wildman–Crippen MR) is 82.8 cm³/mol. The van der Waals surface area contributed by atoms with E-state index in [0.29, 0.717) is 18.9 Å². The Morgan fingerprint density at radius 1 is 1.50 bits per heavy atom. The van der Waals surface area contributed by atoms with Gasteiger partial charge in [0.15, 0.2) is 0 Å². The molecule has 3 rings (SSSR count). The van der Waals surface area contributed by atoms with Gasteiger partial charge < -0.3 is 9.64 Å². The first-order valence-corrected chi connectivity index (χ1v) is 7.75. The monoisotopic (exact) mass is 302 g/mol. The number of hydrogen-bond acceptors (Lipinski definition) is 4. The zero-order chi connectivity index (χ0) is 15.5. The number of carbonyl (C=O) groups is 1. The lowest BCUT2D eigenvalue weighted by atomic mass is 9.94. The SMILES string of the molecule is COCCC(=O)N1CCC[C@H](c2cc3cncn3c(C)n2)C1. The molecule has 2 aromatic heterocycles. The zero-order valence-corrected chi connectivity index (χ0v) is 13.2. The molecule has 0 bridgehead atoms. The largest absolute Gasteiger partial charge is 0.384 e. The molecule has 0 aromatic carbocycles. The summed E-state index contributed by atoms with van der Waals surface area (Å²) in [6, 6.07) is 2.09. The smallest absolute Gasteiger partial charge is 0.224 e. The molecular weight excluding hydrogens is 280 g/mol. The summed E-state index contributed by atoms with van der Waals surface area (Å²) in [4.78, 5) is 23.0. The molecule has 0 aliphatic carbocycles. The summed E-state index contributed by atoms with van der Waals surface area (Å²) >= 11 is 0. The fourth-order valence-electron chi connectivity index (χ4n) is 3.11. The lowest BCUT2D eigenvalue weighted by molar-refractivity contribution is -0.133. The highest BCUT2D eigenvalue weighted by Crippen LogP contribution is 2.27. The van der Waals surface area contributed by atoms with Crippen LogP contribution in [0.15, 0.2) is 18.6 Å². The summed E-state index contributed by atoms with van der Waals surface area (Å²) in [6.07, 6.45) is 6.18. The highest BCUT2D eigenvalue weighted by molar-refractivity contribution is 5.76. The van der Waals surface area contributed by atoms with Crippen LogP contribution in [0.3, 0.4) is 0 Å². The van der Waals surface area contributed by atoms with Gasteiger partial charge in [0, 0.05) is 31.8 Å². The molecule has 0 radical (unpaired) electrons. The maximum Gasteiger partial charge on any atom is 0.224 e. The van der Waals surface area contributed by atoms with Gasteiger partial charge in [-0.05, 0) is 25.8 Å². The first kappa shape index (κ1) is 15.0. The number of hydrogen-bond donors (Lipinski definition) is 0. The van der Waals surface area contributed by atoms with E-state index in [-0.39, 0.29) is 5.91 Å². The topological polar surface area (TPSA) is 59.7 Å². The Balaban J connectivity index is 1.76. The van der Waals surface area contributed by atoms with Crippen LogP contribution in [0.2, 0.25) is 0 Å². The van der Waals surface area contributed by atoms with E-state index in [4.69, 9.17) is 9.72 Å². The molecule has 1 aliphatic rings. The van der Waals surface area contributed by atoms with Crippen molar-refractivity contribution >= 4 is 11.4 Å². The number of aromatic nitrogens is 3. The molecule has 0 unspecified atom stereocenters. The van der Waals surface area contributed by atoms with Gasteiger partial charge >= 0.3 is 0 Å². The number of likely N-dealkylation sites (tertiary alicyclic amines) is 1. The van der Waals surface area contributed by atoms with Crippen LogP contribution in [0.5, 0.6) is 0 Å². The maximum atomic E-state index is 12.2. The third-order valence-corrected chi connectivity index (χ3v) is 4.31. The minimum atomic E-state index is 0.175. The molecule has 1 atom stereocenters. The molecule has 1 fully saturated rings. The summed E-state index contributed by atoms with van der Waals surface area (Å²) in [5.41, 5.74) is 2.13. The minimum absolute atomic E-state index is 0.175. The molecule has 1 amide bonds. The van der Waals surface area contributed by atoms with Gasteiger partial charge in [0.25, 0.3) is 0 Å². The number of rotatable bonds is 4.